The average Bonchev–Trinajstić information content (AvgIpc) is 2.43. The molecule has 0 fully saturated rings. The fraction of sp³-hybridized carbons (Fsp3) is 0.750. The first-order valence-corrected chi connectivity index (χ1v) is 7.73. The number of hydrogen-bond acceptors (Lipinski definition) is 1. The van der Waals surface area contributed by atoms with E-state index in [9.17, 15) is 0 Å². The molecule has 0 aliphatic carbocycles. The third-order valence-electron chi connectivity index (χ3n) is 4.60. The highest BCUT2D eigenvalue weighted by Gasteiger charge is 2.33. The Kier molecular flexibility index (Phi) is 6.04. The van der Waals surface area contributed by atoms with Gasteiger partial charge in [0.15, 0.2) is 0 Å². The van der Waals surface area contributed by atoms with Crippen LogP contribution in [0.15, 0.2) is 23.8 Å². The lowest BCUT2D eigenvalue weighted by molar-refractivity contribution is 0.351. The molecule has 0 amide bonds. The van der Waals surface area contributed by atoms with Crippen LogP contribution in [0, 0.1) is 5.92 Å². The Bertz CT molecular complexity index is 308. The lowest BCUT2D eigenvalue weighted by atomic mass is 9.47. The van der Waals surface area contributed by atoms with Crippen LogP contribution in [-0.2, 0) is 0 Å². The normalized spacial score (nSPS) is 20.7. The van der Waals surface area contributed by atoms with Gasteiger partial charge in [-0.15, -0.1) is 0 Å². The van der Waals surface area contributed by atoms with Crippen LogP contribution in [-0.4, -0.2) is 17.7 Å². The van der Waals surface area contributed by atoms with Gasteiger partial charge in [0.2, 0.25) is 0 Å². The van der Waals surface area contributed by atoms with Crippen molar-refractivity contribution < 1.29 is 0 Å². The molecule has 1 nitrogen and oxygen atoms in total. The SMILES string of the molecule is CCC(C)B1C=CC=C(C(C)CC)N1C(C)CC. The van der Waals surface area contributed by atoms with Crippen LogP contribution in [0.2, 0.25) is 5.82 Å². The minimum Gasteiger partial charge on any atom is -0.412 e. The molecular weight excluding hydrogens is 217 g/mol. The van der Waals surface area contributed by atoms with Gasteiger partial charge in [-0.05, 0) is 37.6 Å². The fourth-order valence-electron chi connectivity index (χ4n) is 2.70. The first-order chi connectivity index (χ1) is 8.56. The van der Waals surface area contributed by atoms with Crippen molar-refractivity contribution in [3.05, 3.63) is 23.8 Å². The molecule has 1 aliphatic heterocycles. The van der Waals surface area contributed by atoms with Crippen LogP contribution in [0.4, 0.5) is 0 Å². The van der Waals surface area contributed by atoms with Gasteiger partial charge in [-0.2, -0.15) is 0 Å². The molecule has 0 saturated heterocycles. The predicted octanol–water partition coefficient (Wildman–Crippen LogP) is 4.92. The Morgan fingerprint density at radius 3 is 2.22 bits per heavy atom. The van der Waals surface area contributed by atoms with Crippen molar-refractivity contribution in [2.45, 2.75) is 72.7 Å². The molecule has 3 unspecified atom stereocenters. The lowest BCUT2D eigenvalue weighted by Crippen LogP contribution is -2.48. The predicted molar refractivity (Wildman–Crippen MR) is 83.7 cm³/mol. The van der Waals surface area contributed by atoms with Crippen molar-refractivity contribution in [3.8, 4) is 0 Å². The number of rotatable bonds is 6. The largest absolute Gasteiger partial charge is 0.412 e. The molecule has 0 aromatic carbocycles. The molecule has 102 valence electrons. The van der Waals surface area contributed by atoms with E-state index < -0.39 is 0 Å². The summed E-state index contributed by atoms with van der Waals surface area (Å²) in [5, 5.41) is 0. The zero-order valence-electron chi connectivity index (χ0n) is 13.1. The molecule has 0 bridgehead atoms. The van der Waals surface area contributed by atoms with E-state index >= 15 is 0 Å². The summed E-state index contributed by atoms with van der Waals surface area (Å²) >= 11 is 0. The van der Waals surface area contributed by atoms with Gasteiger partial charge >= 0.3 is 0 Å². The van der Waals surface area contributed by atoms with Crippen LogP contribution in [0.5, 0.6) is 0 Å². The van der Waals surface area contributed by atoms with E-state index in [1.807, 2.05) is 0 Å². The van der Waals surface area contributed by atoms with Crippen molar-refractivity contribution in [3.63, 3.8) is 0 Å². The van der Waals surface area contributed by atoms with Crippen molar-refractivity contribution >= 4 is 6.85 Å². The van der Waals surface area contributed by atoms with E-state index in [0.717, 1.165) is 5.82 Å². The lowest BCUT2D eigenvalue weighted by Gasteiger charge is -2.43. The second-order valence-corrected chi connectivity index (χ2v) is 5.83. The molecular formula is C16H30BN. The van der Waals surface area contributed by atoms with Crippen molar-refractivity contribution in [2.75, 3.05) is 0 Å². The van der Waals surface area contributed by atoms with Crippen LogP contribution >= 0.6 is 0 Å². The Hall–Kier alpha value is -0.655. The summed E-state index contributed by atoms with van der Waals surface area (Å²) in [6.45, 7) is 14.6. The molecule has 1 aliphatic rings. The number of allylic oxidation sites excluding steroid dienone is 3. The van der Waals surface area contributed by atoms with E-state index in [-0.39, 0.29) is 0 Å². The Balaban J connectivity index is 3.02. The Morgan fingerprint density at radius 2 is 1.72 bits per heavy atom. The van der Waals surface area contributed by atoms with Gasteiger partial charge in [-0.3, -0.25) is 0 Å². The van der Waals surface area contributed by atoms with Gasteiger partial charge in [0.25, 0.3) is 6.85 Å². The van der Waals surface area contributed by atoms with Gasteiger partial charge in [0.1, 0.15) is 0 Å². The van der Waals surface area contributed by atoms with E-state index in [2.05, 4.69) is 64.5 Å². The molecule has 0 saturated carbocycles. The topological polar surface area (TPSA) is 3.24 Å². The average molecular weight is 247 g/mol. The van der Waals surface area contributed by atoms with E-state index in [4.69, 9.17) is 0 Å². The monoisotopic (exact) mass is 247 g/mol. The van der Waals surface area contributed by atoms with Crippen molar-refractivity contribution in [2.24, 2.45) is 5.92 Å². The maximum Gasteiger partial charge on any atom is 0.284 e. The summed E-state index contributed by atoms with van der Waals surface area (Å²) in [6, 6.07) is 0.634. The van der Waals surface area contributed by atoms with Crippen molar-refractivity contribution in [1.29, 1.82) is 0 Å². The maximum atomic E-state index is 2.68. The Morgan fingerprint density at radius 1 is 1.06 bits per heavy atom. The van der Waals surface area contributed by atoms with E-state index in [0.29, 0.717) is 18.8 Å². The third kappa shape index (κ3) is 3.21. The highest BCUT2D eigenvalue weighted by Crippen LogP contribution is 2.32. The molecule has 3 atom stereocenters. The molecule has 0 aromatic rings. The first-order valence-electron chi connectivity index (χ1n) is 7.73. The molecule has 0 spiro atoms. The quantitative estimate of drug-likeness (QED) is 0.602. The highest BCUT2D eigenvalue weighted by atomic mass is 15.1. The van der Waals surface area contributed by atoms with E-state index in [1.54, 1.807) is 5.70 Å². The molecule has 0 radical (unpaired) electrons. The molecule has 18 heavy (non-hydrogen) atoms. The summed E-state index contributed by atoms with van der Waals surface area (Å²) in [5.41, 5.74) is 1.54. The van der Waals surface area contributed by atoms with Gasteiger partial charge < -0.3 is 4.81 Å². The molecule has 2 heteroatoms. The fourth-order valence-corrected chi connectivity index (χ4v) is 2.70. The third-order valence-corrected chi connectivity index (χ3v) is 4.60. The zero-order chi connectivity index (χ0) is 13.7. The molecule has 1 rings (SSSR count). The van der Waals surface area contributed by atoms with Crippen LogP contribution in [0.3, 0.4) is 0 Å². The van der Waals surface area contributed by atoms with Gasteiger partial charge in [-0.25, -0.2) is 0 Å². The Labute approximate surface area is 114 Å². The summed E-state index contributed by atoms with van der Waals surface area (Å²) < 4.78 is 0. The van der Waals surface area contributed by atoms with Crippen molar-refractivity contribution in [1.82, 2.24) is 4.81 Å². The minimum atomic E-state index is 0.582. The minimum absolute atomic E-state index is 0.582. The van der Waals surface area contributed by atoms with Crippen LogP contribution in [0.1, 0.15) is 60.8 Å². The number of nitrogens with zero attached hydrogens (tertiary/aromatic N) is 1. The first kappa shape index (κ1) is 15.4. The molecule has 1 heterocycles. The van der Waals surface area contributed by atoms with Crippen LogP contribution < -0.4 is 0 Å². The smallest absolute Gasteiger partial charge is 0.284 e. The standard InChI is InChI=1S/C16H30BN/c1-7-13(4)16-11-10-12-17(14(5)8-2)18(16)15(6)9-3/h10-15H,7-9H2,1-6H3. The molecule has 0 aromatic heterocycles. The second-order valence-electron chi connectivity index (χ2n) is 5.83. The summed E-state index contributed by atoms with van der Waals surface area (Å²) in [5.74, 6) is 3.78. The van der Waals surface area contributed by atoms with Gasteiger partial charge in [0, 0.05) is 11.7 Å². The maximum absolute atomic E-state index is 2.68. The number of hydrogen-bond donors (Lipinski definition) is 0. The van der Waals surface area contributed by atoms with Gasteiger partial charge in [-0.1, -0.05) is 53.1 Å². The van der Waals surface area contributed by atoms with Crippen LogP contribution in [0.25, 0.3) is 0 Å². The highest BCUT2D eigenvalue weighted by molar-refractivity contribution is 6.63. The summed E-state index contributed by atoms with van der Waals surface area (Å²) in [4.78, 5) is 2.68. The zero-order valence-corrected chi connectivity index (χ0v) is 13.1. The summed E-state index contributed by atoms with van der Waals surface area (Å²) in [6.07, 6.45) is 8.29. The summed E-state index contributed by atoms with van der Waals surface area (Å²) in [7, 11) is 0. The van der Waals surface area contributed by atoms with E-state index in [1.165, 1.54) is 19.3 Å². The van der Waals surface area contributed by atoms with Gasteiger partial charge in [0.05, 0.1) is 0 Å². The molecule has 0 N–H and O–H groups in total. The second kappa shape index (κ2) is 7.06.